The van der Waals surface area contributed by atoms with Gasteiger partial charge in [-0.3, -0.25) is 0 Å². The summed E-state index contributed by atoms with van der Waals surface area (Å²) >= 11 is 0. The number of aromatic nitrogens is 1. The van der Waals surface area contributed by atoms with Crippen LogP contribution >= 0.6 is 0 Å². The van der Waals surface area contributed by atoms with E-state index in [1.54, 1.807) is 0 Å². The van der Waals surface area contributed by atoms with Crippen molar-refractivity contribution in [3.8, 4) is 11.6 Å². The van der Waals surface area contributed by atoms with Crippen LogP contribution in [0.4, 0.5) is 4.39 Å². The Kier molecular flexibility index (Phi) is 5.28. The molecule has 4 heteroatoms. The van der Waals surface area contributed by atoms with Crippen LogP contribution in [0.15, 0.2) is 36.5 Å². The number of pyridine rings is 1. The van der Waals surface area contributed by atoms with E-state index in [0.29, 0.717) is 24.1 Å². The van der Waals surface area contributed by atoms with Crippen molar-refractivity contribution in [3.63, 3.8) is 0 Å². The Morgan fingerprint density at radius 2 is 2.10 bits per heavy atom. The van der Waals surface area contributed by atoms with Gasteiger partial charge in [-0.25, -0.2) is 9.37 Å². The summed E-state index contributed by atoms with van der Waals surface area (Å²) in [6.45, 7) is 7.64. The van der Waals surface area contributed by atoms with Crippen LogP contribution in [0.1, 0.15) is 25.0 Å². The van der Waals surface area contributed by atoms with Crippen LogP contribution < -0.4 is 10.1 Å². The van der Waals surface area contributed by atoms with Gasteiger partial charge in [0.1, 0.15) is 11.6 Å². The second-order valence-corrected chi connectivity index (χ2v) is 5.56. The summed E-state index contributed by atoms with van der Waals surface area (Å²) in [4.78, 5) is 4.06. The lowest BCUT2D eigenvalue weighted by molar-refractivity contribution is 0.445. The molecule has 0 atom stereocenters. The smallest absolute Gasteiger partial charge is 0.223 e. The van der Waals surface area contributed by atoms with E-state index in [2.05, 4.69) is 24.1 Å². The molecule has 0 bridgehead atoms. The number of aryl methyl sites for hydroxylation is 1. The normalized spacial score (nSPS) is 10.9. The fourth-order valence-corrected chi connectivity index (χ4v) is 1.97. The standard InChI is InChI=1S/C17H21FN2O/c1-12(2)9-19-10-14-8-15(18)11-20-17(14)21-16-6-4-5-13(3)7-16/h4-8,11-12,19H,9-10H2,1-3H3. The van der Waals surface area contributed by atoms with E-state index >= 15 is 0 Å². The van der Waals surface area contributed by atoms with E-state index in [0.717, 1.165) is 17.7 Å². The molecule has 1 N–H and O–H groups in total. The van der Waals surface area contributed by atoms with Crippen molar-refractivity contribution in [2.75, 3.05) is 6.54 Å². The summed E-state index contributed by atoms with van der Waals surface area (Å²) < 4.78 is 19.2. The van der Waals surface area contributed by atoms with Gasteiger partial charge >= 0.3 is 0 Å². The number of hydrogen-bond donors (Lipinski definition) is 1. The minimum Gasteiger partial charge on any atom is -0.439 e. The fourth-order valence-electron chi connectivity index (χ4n) is 1.97. The monoisotopic (exact) mass is 288 g/mol. The molecule has 1 heterocycles. The molecule has 0 aliphatic carbocycles. The fraction of sp³-hybridized carbons (Fsp3) is 0.353. The second kappa shape index (κ2) is 7.18. The Morgan fingerprint density at radius 1 is 1.29 bits per heavy atom. The number of rotatable bonds is 6. The molecule has 3 nitrogen and oxygen atoms in total. The predicted molar refractivity (Wildman–Crippen MR) is 82.0 cm³/mol. The molecule has 2 rings (SSSR count). The van der Waals surface area contributed by atoms with E-state index in [9.17, 15) is 4.39 Å². The molecule has 0 saturated heterocycles. The lowest BCUT2D eigenvalue weighted by Crippen LogP contribution is -2.19. The molecule has 0 spiro atoms. The van der Waals surface area contributed by atoms with Gasteiger partial charge in [0.15, 0.2) is 0 Å². The van der Waals surface area contributed by atoms with Crippen LogP contribution in [-0.4, -0.2) is 11.5 Å². The number of hydrogen-bond acceptors (Lipinski definition) is 3. The van der Waals surface area contributed by atoms with Gasteiger partial charge in [0, 0.05) is 12.1 Å². The third-order valence-corrected chi connectivity index (χ3v) is 2.96. The molecule has 0 aliphatic heterocycles. The van der Waals surface area contributed by atoms with Crippen LogP contribution in [0.2, 0.25) is 0 Å². The van der Waals surface area contributed by atoms with Gasteiger partial charge in [0.05, 0.1) is 6.20 Å². The summed E-state index contributed by atoms with van der Waals surface area (Å²) in [7, 11) is 0. The van der Waals surface area contributed by atoms with Crippen molar-refractivity contribution in [2.24, 2.45) is 5.92 Å². The zero-order chi connectivity index (χ0) is 15.2. The first kappa shape index (κ1) is 15.4. The first-order valence-corrected chi connectivity index (χ1v) is 7.14. The number of benzene rings is 1. The largest absolute Gasteiger partial charge is 0.439 e. The predicted octanol–water partition coefficient (Wildman–Crippen LogP) is 4.07. The highest BCUT2D eigenvalue weighted by Crippen LogP contribution is 2.24. The zero-order valence-corrected chi connectivity index (χ0v) is 12.7. The van der Waals surface area contributed by atoms with Gasteiger partial charge in [-0.15, -0.1) is 0 Å². The topological polar surface area (TPSA) is 34.1 Å². The quantitative estimate of drug-likeness (QED) is 0.870. The van der Waals surface area contributed by atoms with Gasteiger partial charge in [0.2, 0.25) is 5.88 Å². The second-order valence-electron chi connectivity index (χ2n) is 5.56. The Balaban J connectivity index is 2.14. The lowest BCUT2D eigenvalue weighted by Gasteiger charge is -2.12. The zero-order valence-electron chi connectivity index (χ0n) is 12.7. The van der Waals surface area contributed by atoms with Crippen LogP contribution in [0, 0.1) is 18.7 Å². The van der Waals surface area contributed by atoms with Crippen molar-refractivity contribution >= 4 is 0 Å². The third kappa shape index (κ3) is 4.83. The van der Waals surface area contributed by atoms with Crippen molar-refractivity contribution < 1.29 is 9.13 Å². The maximum atomic E-state index is 13.4. The Labute approximate surface area is 125 Å². The van der Waals surface area contributed by atoms with E-state index in [1.807, 2.05) is 31.2 Å². The maximum Gasteiger partial charge on any atom is 0.223 e. The molecule has 1 aromatic heterocycles. The molecule has 21 heavy (non-hydrogen) atoms. The summed E-state index contributed by atoms with van der Waals surface area (Å²) in [5, 5.41) is 3.28. The Bertz CT molecular complexity index is 599. The number of ether oxygens (including phenoxy) is 1. The van der Waals surface area contributed by atoms with Crippen LogP contribution in [-0.2, 0) is 6.54 Å². The van der Waals surface area contributed by atoms with Crippen molar-refractivity contribution in [1.82, 2.24) is 10.3 Å². The summed E-state index contributed by atoms with van der Waals surface area (Å²) in [5.74, 6) is 1.33. The Morgan fingerprint density at radius 3 is 2.81 bits per heavy atom. The summed E-state index contributed by atoms with van der Waals surface area (Å²) in [6.07, 6.45) is 1.18. The van der Waals surface area contributed by atoms with E-state index in [4.69, 9.17) is 4.74 Å². The van der Waals surface area contributed by atoms with Gasteiger partial charge < -0.3 is 10.1 Å². The lowest BCUT2D eigenvalue weighted by atomic mass is 10.2. The first-order chi connectivity index (χ1) is 10.0. The molecule has 0 radical (unpaired) electrons. The van der Waals surface area contributed by atoms with Gasteiger partial charge in [-0.2, -0.15) is 0 Å². The first-order valence-electron chi connectivity index (χ1n) is 7.14. The molecule has 1 aromatic carbocycles. The van der Waals surface area contributed by atoms with Crippen molar-refractivity contribution in [1.29, 1.82) is 0 Å². The Hall–Kier alpha value is -1.94. The average Bonchev–Trinajstić information content (AvgIpc) is 2.41. The maximum absolute atomic E-state index is 13.4. The van der Waals surface area contributed by atoms with E-state index in [1.165, 1.54) is 12.3 Å². The third-order valence-electron chi connectivity index (χ3n) is 2.96. The van der Waals surface area contributed by atoms with Gasteiger partial charge in [-0.1, -0.05) is 26.0 Å². The van der Waals surface area contributed by atoms with Crippen molar-refractivity contribution in [2.45, 2.75) is 27.3 Å². The molecule has 0 fully saturated rings. The minimum absolute atomic E-state index is 0.354. The van der Waals surface area contributed by atoms with Crippen LogP contribution in [0.5, 0.6) is 11.6 Å². The van der Waals surface area contributed by atoms with E-state index in [-0.39, 0.29) is 5.82 Å². The molecular formula is C17H21FN2O. The number of nitrogens with one attached hydrogen (secondary N) is 1. The highest BCUT2D eigenvalue weighted by atomic mass is 19.1. The SMILES string of the molecule is Cc1cccc(Oc2ncc(F)cc2CNCC(C)C)c1. The highest BCUT2D eigenvalue weighted by Gasteiger charge is 2.09. The van der Waals surface area contributed by atoms with Gasteiger partial charge in [-0.05, 0) is 43.1 Å². The van der Waals surface area contributed by atoms with E-state index < -0.39 is 0 Å². The highest BCUT2D eigenvalue weighted by molar-refractivity contribution is 5.34. The molecule has 0 amide bonds. The molecule has 2 aromatic rings. The summed E-state index contributed by atoms with van der Waals surface area (Å²) in [5.41, 5.74) is 1.83. The van der Waals surface area contributed by atoms with Crippen LogP contribution in [0.25, 0.3) is 0 Å². The summed E-state index contributed by atoms with van der Waals surface area (Å²) in [6, 6.07) is 9.17. The minimum atomic E-state index is -0.354. The molecule has 0 saturated carbocycles. The van der Waals surface area contributed by atoms with Gasteiger partial charge in [0.25, 0.3) is 0 Å². The van der Waals surface area contributed by atoms with Crippen LogP contribution in [0.3, 0.4) is 0 Å². The molecule has 0 unspecified atom stereocenters. The average molecular weight is 288 g/mol. The molecule has 0 aliphatic rings. The van der Waals surface area contributed by atoms with Crippen molar-refractivity contribution in [3.05, 3.63) is 53.5 Å². The number of nitrogens with zero attached hydrogens (tertiary/aromatic N) is 1. The molecule has 112 valence electrons. The molecular weight excluding hydrogens is 267 g/mol. The number of halogens is 1.